The molecule has 1 saturated heterocycles. The van der Waals surface area contributed by atoms with E-state index in [2.05, 4.69) is 97.3 Å². The lowest BCUT2D eigenvalue weighted by Gasteiger charge is -2.28. The average Bonchev–Trinajstić information content (AvgIpc) is 3.37. The number of nitrogens with zero attached hydrogens (tertiary/aromatic N) is 7. The van der Waals surface area contributed by atoms with Gasteiger partial charge in [-0.25, -0.2) is 19.9 Å². The predicted octanol–water partition coefficient (Wildman–Crippen LogP) is 6.80. The fourth-order valence-electron chi connectivity index (χ4n) is 6.70. The third-order valence-corrected chi connectivity index (χ3v) is 10.1. The van der Waals surface area contributed by atoms with Crippen molar-refractivity contribution in [2.24, 2.45) is 11.8 Å². The smallest absolute Gasteiger partial charge is 0.196 e. The molecule has 0 bridgehead atoms. The summed E-state index contributed by atoms with van der Waals surface area (Å²) < 4.78 is 0. The first-order valence-corrected chi connectivity index (χ1v) is 16.2. The number of hydrogen-bond donors (Lipinski definition) is 1. The molecule has 1 unspecified atom stereocenters. The number of piperidine rings is 1. The number of aromatic nitrogens is 6. The molecule has 1 aliphatic heterocycles. The summed E-state index contributed by atoms with van der Waals surface area (Å²) in [6, 6.07) is 24.2. The molecule has 1 aliphatic carbocycles. The highest BCUT2D eigenvalue weighted by atomic mass is 35.5. The average molecular weight is 619 g/mol. The van der Waals surface area contributed by atoms with Gasteiger partial charge in [-0.15, -0.1) is 0 Å². The molecule has 1 saturated carbocycles. The van der Waals surface area contributed by atoms with Gasteiger partial charge in [0.1, 0.15) is 17.0 Å². The lowest BCUT2D eigenvalue weighted by Crippen LogP contribution is -2.34. The number of nitrogens with one attached hydrogen (secondary N) is 1. The number of aromatic amines is 1. The van der Waals surface area contributed by atoms with E-state index in [0.717, 1.165) is 70.6 Å². The minimum atomic E-state index is 0.538. The van der Waals surface area contributed by atoms with Crippen LogP contribution in [0.15, 0.2) is 95.4 Å². The number of aryl methyl sites for hydroxylation is 1. The highest BCUT2D eigenvalue weighted by molar-refractivity contribution is 7.99. The van der Waals surface area contributed by atoms with E-state index >= 15 is 0 Å². The van der Waals surface area contributed by atoms with Gasteiger partial charge in [-0.05, 0) is 47.2 Å². The largest absolute Gasteiger partial charge is 0.355 e. The van der Waals surface area contributed by atoms with Crippen molar-refractivity contribution in [2.75, 3.05) is 18.0 Å². The van der Waals surface area contributed by atoms with Gasteiger partial charge >= 0.3 is 0 Å². The van der Waals surface area contributed by atoms with Gasteiger partial charge in [0.25, 0.3) is 0 Å². The Morgan fingerprint density at radius 3 is 2.27 bits per heavy atom. The normalized spacial score (nSPS) is 19.2. The summed E-state index contributed by atoms with van der Waals surface area (Å²) >= 11 is 8.43. The Balaban J connectivity index is 1.08. The van der Waals surface area contributed by atoms with Gasteiger partial charge in [0.2, 0.25) is 0 Å². The van der Waals surface area contributed by atoms with Crippen LogP contribution in [0.25, 0.3) is 22.2 Å². The zero-order valence-electron chi connectivity index (χ0n) is 24.3. The van der Waals surface area contributed by atoms with E-state index in [1.165, 1.54) is 22.9 Å². The van der Waals surface area contributed by atoms with Crippen molar-refractivity contribution in [3.63, 3.8) is 0 Å². The zero-order valence-corrected chi connectivity index (χ0v) is 25.8. The van der Waals surface area contributed by atoms with Crippen molar-refractivity contribution in [3.8, 4) is 0 Å². The fourth-order valence-corrected chi connectivity index (χ4v) is 7.81. The molecule has 2 aliphatic rings. The van der Waals surface area contributed by atoms with Crippen molar-refractivity contribution < 1.29 is 0 Å². The number of rotatable bonds is 9. The monoisotopic (exact) mass is 618 g/mol. The van der Waals surface area contributed by atoms with Crippen molar-refractivity contribution in [3.05, 3.63) is 107 Å². The van der Waals surface area contributed by atoms with Gasteiger partial charge < -0.3 is 9.88 Å². The van der Waals surface area contributed by atoms with Crippen LogP contribution in [-0.2, 0) is 19.5 Å². The maximum atomic E-state index is 6.95. The molecule has 10 heteroatoms. The molecule has 1 N–H and O–H groups in total. The standard InChI is InChI=1S/C34H31ClN8S/c1-2-26-29(35)28-32(39-26)40-34(44-23-15-27-31(38-16-23)37-14-13-36-27)41-33(28)43-19-24-25(20-43)30(24)42(17-21-9-5-3-6-10-21)18-22-11-7-4-8-12-22/h3-16,24-25,30H,2,17-20H2,1H3,(H,39,40,41)/t24-,25+,30?. The molecule has 6 aromatic rings. The maximum absolute atomic E-state index is 6.95. The minimum absolute atomic E-state index is 0.538. The minimum Gasteiger partial charge on any atom is -0.355 e. The van der Waals surface area contributed by atoms with Crippen LogP contribution in [0, 0.1) is 11.8 Å². The molecule has 0 amide bonds. The van der Waals surface area contributed by atoms with Crippen molar-refractivity contribution in [1.29, 1.82) is 0 Å². The van der Waals surface area contributed by atoms with Crippen LogP contribution >= 0.6 is 23.4 Å². The van der Waals surface area contributed by atoms with Crippen LogP contribution in [0.1, 0.15) is 23.7 Å². The third-order valence-electron chi connectivity index (χ3n) is 8.81. The van der Waals surface area contributed by atoms with E-state index < -0.39 is 0 Å². The van der Waals surface area contributed by atoms with Crippen molar-refractivity contribution >= 4 is 51.4 Å². The highest BCUT2D eigenvalue weighted by Crippen LogP contribution is 2.52. The van der Waals surface area contributed by atoms with E-state index in [9.17, 15) is 0 Å². The number of fused-ring (bicyclic) bond motifs is 3. The van der Waals surface area contributed by atoms with E-state index in [-0.39, 0.29) is 0 Å². The Kier molecular flexibility index (Phi) is 7.16. The van der Waals surface area contributed by atoms with E-state index in [4.69, 9.17) is 21.6 Å². The molecule has 0 spiro atoms. The maximum Gasteiger partial charge on any atom is 0.196 e. The number of benzene rings is 2. The number of anilines is 1. The Hall–Kier alpha value is -4.05. The number of H-pyrrole nitrogens is 1. The Morgan fingerprint density at radius 1 is 0.909 bits per heavy atom. The molecule has 2 fully saturated rings. The first-order chi connectivity index (χ1) is 21.6. The van der Waals surface area contributed by atoms with Gasteiger partial charge in [0.15, 0.2) is 10.8 Å². The molecule has 0 radical (unpaired) electrons. The summed E-state index contributed by atoms with van der Waals surface area (Å²) in [5.41, 5.74) is 5.84. The number of halogens is 1. The van der Waals surface area contributed by atoms with Crippen LogP contribution in [0.5, 0.6) is 0 Å². The van der Waals surface area contributed by atoms with E-state index in [1.54, 1.807) is 18.6 Å². The van der Waals surface area contributed by atoms with Gasteiger partial charge in [-0.2, -0.15) is 0 Å². The zero-order chi connectivity index (χ0) is 29.6. The lowest BCUT2D eigenvalue weighted by molar-refractivity contribution is 0.222. The quantitative estimate of drug-likeness (QED) is 0.177. The van der Waals surface area contributed by atoms with Crippen LogP contribution < -0.4 is 4.90 Å². The lowest BCUT2D eigenvalue weighted by atomic mass is 10.1. The molecular weight excluding hydrogens is 588 g/mol. The third kappa shape index (κ3) is 5.19. The first kappa shape index (κ1) is 27.5. The SMILES string of the molecule is CCc1[nH]c2nc(Sc3cnc4nccnc4c3)nc(N3C[C@@H]4C(N(Cc5ccccc5)Cc5ccccc5)[C@@H]4C3)c2c1Cl. The molecule has 220 valence electrons. The van der Waals surface area contributed by atoms with Crippen LogP contribution in [0.3, 0.4) is 0 Å². The Labute approximate surface area is 264 Å². The molecule has 8 rings (SSSR count). The molecule has 44 heavy (non-hydrogen) atoms. The van der Waals surface area contributed by atoms with E-state index in [1.807, 2.05) is 6.07 Å². The summed E-state index contributed by atoms with van der Waals surface area (Å²) in [6.07, 6.45) is 5.93. The second kappa shape index (κ2) is 11.5. The van der Waals surface area contributed by atoms with Gasteiger partial charge in [-0.1, -0.05) is 79.2 Å². The summed E-state index contributed by atoms with van der Waals surface area (Å²) in [5.74, 6) is 2.07. The summed E-state index contributed by atoms with van der Waals surface area (Å²) in [5, 5.41) is 2.30. The molecule has 8 nitrogen and oxygen atoms in total. The Morgan fingerprint density at radius 2 is 1.59 bits per heavy atom. The molecule has 3 atom stereocenters. The molecular formula is C34H31ClN8S. The molecule has 5 heterocycles. The number of hydrogen-bond acceptors (Lipinski definition) is 8. The van der Waals surface area contributed by atoms with Gasteiger partial charge in [0.05, 0.1) is 10.4 Å². The number of pyridine rings is 1. The molecule has 2 aromatic carbocycles. The van der Waals surface area contributed by atoms with Crippen LogP contribution in [0.4, 0.5) is 5.82 Å². The summed E-state index contributed by atoms with van der Waals surface area (Å²) in [7, 11) is 0. The summed E-state index contributed by atoms with van der Waals surface area (Å²) in [6.45, 7) is 5.88. The predicted molar refractivity (Wildman–Crippen MR) is 175 cm³/mol. The summed E-state index contributed by atoms with van der Waals surface area (Å²) in [4.78, 5) is 32.7. The first-order valence-electron chi connectivity index (χ1n) is 15.0. The van der Waals surface area contributed by atoms with Gasteiger partial charge in [0, 0.05) is 61.4 Å². The topological polar surface area (TPSA) is 86.7 Å². The van der Waals surface area contributed by atoms with Crippen molar-refractivity contribution in [1.82, 2.24) is 34.8 Å². The second-order valence-corrected chi connectivity index (χ2v) is 13.0. The highest BCUT2D eigenvalue weighted by Gasteiger charge is 2.58. The molecule has 4 aromatic heterocycles. The van der Waals surface area contributed by atoms with Crippen molar-refractivity contribution in [2.45, 2.75) is 42.5 Å². The second-order valence-electron chi connectivity index (χ2n) is 11.6. The van der Waals surface area contributed by atoms with Gasteiger partial charge in [-0.3, -0.25) is 9.88 Å². The fraction of sp³-hybridized carbons (Fsp3) is 0.265. The Bertz CT molecular complexity index is 1900. The van der Waals surface area contributed by atoms with Crippen LogP contribution in [-0.4, -0.2) is 53.9 Å². The van der Waals surface area contributed by atoms with Crippen LogP contribution in [0.2, 0.25) is 5.02 Å². The van der Waals surface area contributed by atoms with E-state index in [0.29, 0.717) is 28.7 Å².